The molecule has 1 aliphatic heterocycles. The number of carbonyl (C=O) groups is 1. The molecule has 0 fully saturated rings. The van der Waals surface area contributed by atoms with Crippen molar-refractivity contribution in [2.75, 3.05) is 19.5 Å². The van der Waals surface area contributed by atoms with Crippen molar-refractivity contribution in [3.8, 4) is 11.5 Å². The third-order valence-corrected chi connectivity index (χ3v) is 5.72. The summed E-state index contributed by atoms with van der Waals surface area (Å²) in [5.74, 6) is 1.17. The van der Waals surface area contributed by atoms with Gasteiger partial charge in [-0.1, -0.05) is 26.0 Å². The number of fused-ring (bicyclic) bond motifs is 1. The predicted octanol–water partition coefficient (Wildman–Crippen LogP) is 3.38. The van der Waals surface area contributed by atoms with E-state index in [2.05, 4.69) is 5.32 Å². The highest BCUT2D eigenvalue weighted by atomic mass is 32.2. The van der Waals surface area contributed by atoms with Crippen molar-refractivity contribution >= 4 is 15.7 Å². The van der Waals surface area contributed by atoms with E-state index in [0.717, 1.165) is 18.2 Å². The Balaban J connectivity index is 1.86. The smallest absolute Gasteiger partial charge is 0.251 e. The highest BCUT2D eigenvalue weighted by molar-refractivity contribution is 7.90. The molecule has 1 amide bonds. The van der Waals surface area contributed by atoms with Gasteiger partial charge in [-0.2, -0.15) is 0 Å². The second-order valence-corrected chi connectivity index (χ2v) is 9.27. The van der Waals surface area contributed by atoms with Gasteiger partial charge in [-0.05, 0) is 41.8 Å². The van der Waals surface area contributed by atoms with E-state index in [1.54, 1.807) is 12.1 Å². The van der Waals surface area contributed by atoms with Crippen LogP contribution in [0.1, 0.15) is 42.2 Å². The Labute approximate surface area is 165 Å². The molecule has 2 aromatic rings. The summed E-state index contributed by atoms with van der Waals surface area (Å²) in [6.07, 6.45) is 1.95. The summed E-state index contributed by atoms with van der Waals surface area (Å²) < 4.78 is 35.0. The van der Waals surface area contributed by atoms with Crippen LogP contribution in [0, 0.1) is 5.92 Å². The van der Waals surface area contributed by atoms with Crippen molar-refractivity contribution in [3.05, 3.63) is 53.6 Å². The molecule has 0 aromatic heterocycles. The van der Waals surface area contributed by atoms with Gasteiger partial charge in [0, 0.05) is 18.2 Å². The summed E-state index contributed by atoms with van der Waals surface area (Å²) in [5, 5.41) is 3.02. The zero-order chi connectivity index (χ0) is 20.3. The molecular weight excluding hydrogens is 378 g/mol. The molecule has 1 unspecified atom stereocenters. The molecule has 150 valence electrons. The van der Waals surface area contributed by atoms with Gasteiger partial charge in [0.15, 0.2) is 21.3 Å². The fraction of sp³-hybridized carbons (Fsp3) is 0.381. The van der Waals surface area contributed by atoms with E-state index in [4.69, 9.17) is 9.47 Å². The predicted molar refractivity (Wildman–Crippen MR) is 107 cm³/mol. The van der Waals surface area contributed by atoms with Crippen molar-refractivity contribution < 1.29 is 22.7 Å². The first-order valence-electron chi connectivity index (χ1n) is 9.26. The molecular formula is C21H25NO5S. The van der Waals surface area contributed by atoms with Crippen molar-refractivity contribution in [3.63, 3.8) is 0 Å². The number of nitrogens with one attached hydrogen (secondary N) is 1. The maximum absolute atomic E-state index is 12.8. The van der Waals surface area contributed by atoms with Crippen LogP contribution in [0.3, 0.4) is 0 Å². The summed E-state index contributed by atoms with van der Waals surface area (Å²) >= 11 is 0. The van der Waals surface area contributed by atoms with Gasteiger partial charge in [-0.25, -0.2) is 8.42 Å². The van der Waals surface area contributed by atoms with Crippen LogP contribution in [0.5, 0.6) is 11.5 Å². The maximum atomic E-state index is 12.8. The van der Waals surface area contributed by atoms with E-state index in [1.165, 1.54) is 12.1 Å². The van der Waals surface area contributed by atoms with Crippen molar-refractivity contribution in [2.45, 2.75) is 31.2 Å². The SMILES string of the molecule is CC(C)C(NC(=O)c1cccc(S(C)(=O)=O)c1)c1ccc2c(c1)OCCCO2. The van der Waals surface area contributed by atoms with E-state index in [9.17, 15) is 13.2 Å². The van der Waals surface area contributed by atoms with Gasteiger partial charge in [0.25, 0.3) is 5.91 Å². The van der Waals surface area contributed by atoms with Crippen LogP contribution in [0.25, 0.3) is 0 Å². The van der Waals surface area contributed by atoms with Crippen LogP contribution < -0.4 is 14.8 Å². The van der Waals surface area contributed by atoms with Gasteiger partial charge in [-0.15, -0.1) is 0 Å². The molecule has 7 heteroatoms. The molecule has 0 bridgehead atoms. The highest BCUT2D eigenvalue weighted by Crippen LogP contribution is 2.34. The molecule has 0 saturated heterocycles. The molecule has 2 aromatic carbocycles. The van der Waals surface area contributed by atoms with Crippen LogP contribution in [0.2, 0.25) is 0 Å². The summed E-state index contributed by atoms with van der Waals surface area (Å²) in [6.45, 7) is 5.24. The van der Waals surface area contributed by atoms with Gasteiger partial charge < -0.3 is 14.8 Å². The average Bonchev–Trinajstić information content (AvgIpc) is 2.89. The van der Waals surface area contributed by atoms with Gasteiger partial charge in [0.05, 0.1) is 24.2 Å². The van der Waals surface area contributed by atoms with Gasteiger partial charge in [0.1, 0.15) is 0 Å². The molecule has 1 N–H and O–H groups in total. The van der Waals surface area contributed by atoms with Crippen LogP contribution in [-0.2, 0) is 9.84 Å². The quantitative estimate of drug-likeness (QED) is 0.828. The summed E-state index contributed by atoms with van der Waals surface area (Å²) in [4.78, 5) is 12.9. The highest BCUT2D eigenvalue weighted by Gasteiger charge is 2.22. The molecule has 0 spiro atoms. The van der Waals surface area contributed by atoms with Crippen LogP contribution >= 0.6 is 0 Å². The lowest BCUT2D eigenvalue weighted by molar-refractivity contribution is 0.0925. The number of sulfone groups is 1. The molecule has 3 rings (SSSR count). The lowest BCUT2D eigenvalue weighted by Gasteiger charge is -2.24. The summed E-state index contributed by atoms with van der Waals surface area (Å²) in [5.41, 5.74) is 1.22. The maximum Gasteiger partial charge on any atom is 0.251 e. The second-order valence-electron chi connectivity index (χ2n) is 7.25. The summed E-state index contributed by atoms with van der Waals surface area (Å²) in [7, 11) is -3.38. The Hall–Kier alpha value is -2.54. The number of ether oxygens (including phenoxy) is 2. The van der Waals surface area contributed by atoms with Crippen molar-refractivity contribution in [1.82, 2.24) is 5.32 Å². The van der Waals surface area contributed by atoms with Crippen LogP contribution in [0.15, 0.2) is 47.4 Å². The average molecular weight is 404 g/mol. The Morgan fingerprint density at radius 2 is 1.75 bits per heavy atom. The number of rotatable bonds is 5. The molecule has 0 saturated carbocycles. The fourth-order valence-corrected chi connectivity index (χ4v) is 3.77. The first-order chi connectivity index (χ1) is 13.3. The molecule has 0 radical (unpaired) electrons. The summed E-state index contributed by atoms with van der Waals surface area (Å²) in [6, 6.07) is 11.5. The Morgan fingerprint density at radius 3 is 2.43 bits per heavy atom. The lowest BCUT2D eigenvalue weighted by atomic mass is 9.95. The monoisotopic (exact) mass is 403 g/mol. The Bertz CT molecular complexity index is 969. The van der Waals surface area contributed by atoms with Crippen molar-refractivity contribution in [1.29, 1.82) is 0 Å². The van der Waals surface area contributed by atoms with Crippen molar-refractivity contribution in [2.24, 2.45) is 5.92 Å². The number of carbonyl (C=O) groups excluding carboxylic acids is 1. The molecule has 0 aliphatic carbocycles. The van der Waals surface area contributed by atoms with E-state index >= 15 is 0 Å². The molecule has 1 heterocycles. The molecule has 6 nitrogen and oxygen atoms in total. The van der Waals surface area contributed by atoms with Crippen LogP contribution in [-0.4, -0.2) is 33.8 Å². The number of hydrogen-bond acceptors (Lipinski definition) is 5. The number of hydrogen-bond donors (Lipinski definition) is 1. The van der Waals surface area contributed by atoms with E-state index in [-0.39, 0.29) is 22.8 Å². The topological polar surface area (TPSA) is 81.7 Å². The zero-order valence-corrected chi connectivity index (χ0v) is 17.1. The standard InChI is InChI=1S/C21H25NO5S/c1-14(2)20(15-8-9-18-19(13-15)27-11-5-10-26-18)22-21(23)16-6-4-7-17(12-16)28(3,24)25/h4,6-9,12-14,20H,5,10-11H2,1-3H3,(H,22,23). The number of benzene rings is 2. The first kappa shape index (κ1) is 20.2. The van der Waals surface area contributed by atoms with Gasteiger partial charge in [-0.3, -0.25) is 4.79 Å². The lowest BCUT2D eigenvalue weighted by Crippen LogP contribution is -2.31. The third kappa shape index (κ3) is 4.65. The van der Waals surface area contributed by atoms with E-state index in [1.807, 2.05) is 32.0 Å². The van der Waals surface area contributed by atoms with E-state index in [0.29, 0.717) is 30.3 Å². The Morgan fingerprint density at radius 1 is 1.04 bits per heavy atom. The Kier molecular flexibility index (Phi) is 5.93. The minimum absolute atomic E-state index is 0.117. The van der Waals surface area contributed by atoms with Crippen LogP contribution in [0.4, 0.5) is 0 Å². The normalized spacial score (nSPS) is 15.0. The molecule has 1 atom stereocenters. The minimum Gasteiger partial charge on any atom is -0.490 e. The minimum atomic E-state index is -3.38. The molecule has 28 heavy (non-hydrogen) atoms. The number of amides is 1. The molecule has 1 aliphatic rings. The van der Waals surface area contributed by atoms with E-state index < -0.39 is 9.84 Å². The zero-order valence-electron chi connectivity index (χ0n) is 16.3. The fourth-order valence-electron chi connectivity index (χ4n) is 3.10. The third-order valence-electron chi connectivity index (χ3n) is 4.61. The second kappa shape index (κ2) is 8.22. The first-order valence-corrected chi connectivity index (χ1v) is 11.2. The van der Waals surface area contributed by atoms with Gasteiger partial charge >= 0.3 is 0 Å². The largest absolute Gasteiger partial charge is 0.490 e. The van der Waals surface area contributed by atoms with Gasteiger partial charge in [0.2, 0.25) is 0 Å².